The first-order chi connectivity index (χ1) is 9.88. The van der Waals surface area contributed by atoms with Crippen LogP contribution in [-0.4, -0.2) is 16.0 Å². The van der Waals surface area contributed by atoms with E-state index in [-0.39, 0.29) is 11.3 Å². The van der Waals surface area contributed by atoms with Crippen molar-refractivity contribution >= 4 is 11.7 Å². The summed E-state index contributed by atoms with van der Waals surface area (Å²) in [5.41, 5.74) is 1.27. The minimum atomic E-state index is -1.35. The van der Waals surface area contributed by atoms with Gasteiger partial charge in [0.2, 0.25) is 0 Å². The number of nitrogens with zero attached hydrogens (tertiary/aromatic N) is 1. The van der Waals surface area contributed by atoms with Gasteiger partial charge in [0.15, 0.2) is 0 Å². The third kappa shape index (κ3) is 3.17. The fourth-order valence-corrected chi connectivity index (χ4v) is 1.82. The van der Waals surface area contributed by atoms with E-state index in [1.54, 1.807) is 6.07 Å². The first-order valence-corrected chi connectivity index (χ1v) is 6.15. The summed E-state index contributed by atoms with van der Waals surface area (Å²) in [6.45, 7) is 3.89. The highest BCUT2D eigenvalue weighted by Crippen LogP contribution is 2.29. The normalized spacial score (nSPS) is 10.2. The Morgan fingerprint density at radius 1 is 1.10 bits per heavy atom. The second-order valence-electron chi connectivity index (χ2n) is 4.59. The molecule has 0 radical (unpaired) electrons. The summed E-state index contributed by atoms with van der Waals surface area (Å²) >= 11 is 0. The van der Waals surface area contributed by atoms with Crippen LogP contribution in [-0.2, 0) is 0 Å². The number of aromatic carboxylic acids is 1. The fourth-order valence-electron chi connectivity index (χ4n) is 1.82. The molecule has 0 unspecified atom stereocenters. The molecule has 1 N–H and O–H groups in total. The van der Waals surface area contributed by atoms with Crippen molar-refractivity contribution < 1.29 is 19.6 Å². The molecule has 0 aliphatic heterocycles. The van der Waals surface area contributed by atoms with E-state index in [0.717, 1.165) is 23.3 Å². The van der Waals surface area contributed by atoms with Crippen LogP contribution < -0.4 is 4.74 Å². The average molecular weight is 287 g/mol. The van der Waals surface area contributed by atoms with Gasteiger partial charge in [0.05, 0.1) is 11.0 Å². The molecule has 21 heavy (non-hydrogen) atoms. The van der Waals surface area contributed by atoms with Gasteiger partial charge >= 0.3 is 5.97 Å². The molecule has 2 aromatic carbocycles. The number of aryl methyl sites for hydroxylation is 2. The van der Waals surface area contributed by atoms with Gasteiger partial charge in [-0.3, -0.25) is 10.1 Å². The van der Waals surface area contributed by atoms with Crippen LogP contribution in [0.3, 0.4) is 0 Å². The molecule has 0 aliphatic rings. The monoisotopic (exact) mass is 287 g/mol. The maximum atomic E-state index is 10.9. The first-order valence-electron chi connectivity index (χ1n) is 6.15. The van der Waals surface area contributed by atoms with Crippen LogP contribution in [0.2, 0.25) is 0 Å². The molecule has 0 spiro atoms. The first kappa shape index (κ1) is 14.5. The zero-order chi connectivity index (χ0) is 15.6. The quantitative estimate of drug-likeness (QED) is 0.684. The summed E-state index contributed by atoms with van der Waals surface area (Å²) in [7, 11) is 0. The summed E-state index contributed by atoms with van der Waals surface area (Å²) in [6.07, 6.45) is 0. The lowest BCUT2D eigenvalue weighted by Gasteiger charge is -2.08. The van der Waals surface area contributed by atoms with Gasteiger partial charge in [-0.2, -0.15) is 0 Å². The number of nitro benzene ring substituents is 1. The van der Waals surface area contributed by atoms with Crippen LogP contribution in [0.5, 0.6) is 11.5 Å². The standard InChI is InChI=1S/C15H13NO5/c1-9-3-4-11(7-10(9)2)21-12-5-6-13(15(17)18)14(8-12)16(19)20/h3-8H,1-2H3,(H,17,18). The fraction of sp³-hybridized carbons (Fsp3) is 0.133. The summed E-state index contributed by atoms with van der Waals surface area (Å²) < 4.78 is 5.54. The Labute approximate surface area is 120 Å². The van der Waals surface area contributed by atoms with E-state index in [2.05, 4.69) is 0 Å². The van der Waals surface area contributed by atoms with Crippen molar-refractivity contribution in [3.05, 3.63) is 63.2 Å². The van der Waals surface area contributed by atoms with Gasteiger partial charge in [0.25, 0.3) is 5.69 Å². The smallest absolute Gasteiger partial charge is 0.342 e. The number of carboxylic acids is 1. The van der Waals surface area contributed by atoms with Crippen LogP contribution in [0.1, 0.15) is 21.5 Å². The predicted octanol–water partition coefficient (Wildman–Crippen LogP) is 3.70. The molecule has 0 saturated carbocycles. The van der Waals surface area contributed by atoms with E-state index in [9.17, 15) is 14.9 Å². The van der Waals surface area contributed by atoms with Gasteiger partial charge in [-0.1, -0.05) is 6.07 Å². The van der Waals surface area contributed by atoms with E-state index < -0.39 is 16.6 Å². The van der Waals surface area contributed by atoms with Crippen molar-refractivity contribution in [2.45, 2.75) is 13.8 Å². The van der Waals surface area contributed by atoms with Crippen LogP contribution in [0, 0.1) is 24.0 Å². The van der Waals surface area contributed by atoms with Gasteiger partial charge in [-0.05, 0) is 49.2 Å². The molecule has 6 nitrogen and oxygen atoms in total. The molecule has 0 aliphatic carbocycles. The van der Waals surface area contributed by atoms with Crippen LogP contribution >= 0.6 is 0 Å². The zero-order valence-corrected chi connectivity index (χ0v) is 11.5. The summed E-state index contributed by atoms with van der Waals surface area (Å²) in [5.74, 6) is -0.593. The maximum absolute atomic E-state index is 10.9. The summed E-state index contributed by atoms with van der Waals surface area (Å²) in [5, 5.41) is 19.8. The Kier molecular flexibility index (Phi) is 3.89. The van der Waals surface area contributed by atoms with Crippen molar-refractivity contribution in [1.82, 2.24) is 0 Å². The number of carbonyl (C=O) groups is 1. The number of nitro groups is 1. The SMILES string of the molecule is Cc1ccc(Oc2ccc(C(=O)O)c([N+](=O)[O-])c2)cc1C. The van der Waals surface area contributed by atoms with Gasteiger partial charge in [0, 0.05) is 0 Å². The lowest BCUT2D eigenvalue weighted by Crippen LogP contribution is -2.02. The highest BCUT2D eigenvalue weighted by Gasteiger charge is 2.20. The van der Waals surface area contributed by atoms with E-state index in [0.29, 0.717) is 5.75 Å². The van der Waals surface area contributed by atoms with Crippen LogP contribution in [0.15, 0.2) is 36.4 Å². The van der Waals surface area contributed by atoms with Crippen molar-refractivity contribution in [2.75, 3.05) is 0 Å². The van der Waals surface area contributed by atoms with Crippen LogP contribution in [0.25, 0.3) is 0 Å². The van der Waals surface area contributed by atoms with Crippen molar-refractivity contribution in [1.29, 1.82) is 0 Å². The Morgan fingerprint density at radius 2 is 1.71 bits per heavy atom. The Bertz CT molecular complexity index is 724. The second-order valence-corrected chi connectivity index (χ2v) is 4.59. The Morgan fingerprint density at radius 3 is 2.29 bits per heavy atom. The zero-order valence-electron chi connectivity index (χ0n) is 11.5. The molecule has 0 saturated heterocycles. The lowest BCUT2D eigenvalue weighted by molar-refractivity contribution is -0.385. The molecular weight excluding hydrogens is 274 g/mol. The molecule has 108 valence electrons. The summed E-state index contributed by atoms with van der Waals surface area (Å²) in [4.78, 5) is 21.1. The minimum Gasteiger partial charge on any atom is -0.477 e. The highest BCUT2D eigenvalue weighted by atomic mass is 16.6. The maximum Gasteiger partial charge on any atom is 0.342 e. The van der Waals surface area contributed by atoms with Gasteiger partial charge in [-0.15, -0.1) is 0 Å². The number of hydrogen-bond donors (Lipinski definition) is 1. The molecule has 0 heterocycles. The molecule has 2 aromatic rings. The average Bonchev–Trinajstić information content (AvgIpc) is 2.42. The van der Waals surface area contributed by atoms with Gasteiger partial charge in [0.1, 0.15) is 17.1 Å². The van der Waals surface area contributed by atoms with E-state index in [1.165, 1.54) is 6.07 Å². The number of ether oxygens (including phenoxy) is 1. The number of carboxylic acid groups (broad SMARTS) is 1. The largest absolute Gasteiger partial charge is 0.477 e. The Hall–Kier alpha value is -2.89. The molecular formula is C15H13NO5. The second kappa shape index (κ2) is 5.62. The van der Waals surface area contributed by atoms with Crippen molar-refractivity contribution in [3.8, 4) is 11.5 Å². The van der Waals surface area contributed by atoms with E-state index in [1.807, 2.05) is 26.0 Å². The lowest BCUT2D eigenvalue weighted by atomic mass is 10.1. The molecule has 0 aromatic heterocycles. The number of rotatable bonds is 4. The molecule has 2 rings (SSSR count). The third-order valence-corrected chi connectivity index (χ3v) is 3.11. The predicted molar refractivity (Wildman–Crippen MR) is 76.0 cm³/mol. The van der Waals surface area contributed by atoms with Crippen LogP contribution in [0.4, 0.5) is 5.69 Å². The van der Waals surface area contributed by atoms with Gasteiger partial charge in [-0.25, -0.2) is 4.79 Å². The molecule has 0 fully saturated rings. The Balaban J connectivity index is 2.36. The minimum absolute atomic E-state index is 0.218. The number of hydrogen-bond acceptors (Lipinski definition) is 4. The van der Waals surface area contributed by atoms with E-state index in [4.69, 9.17) is 9.84 Å². The molecule has 0 atom stereocenters. The van der Waals surface area contributed by atoms with Crippen molar-refractivity contribution in [3.63, 3.8) is 0 Å². The van der Waals surface area contributed by atoms with Crippen molar-refractivity contribution in [2.24, 2.45) is 0 Å². The molecule has 0 bridgehead atoms. The van der Waals surface area contributed by atoms with Gasteiger partial charge < -0.3 is 9.84 Å². The topological polar surface area (TPSA) is 89.7 Å². The number of benzene rings is 2. The summed E-state index contributed by atoms with van der Waals surface area (Å²) in [6, 6.07) is 9.11. The van der Waals surface area contributed by atoms with E-state index >= 15 is 0 Å². The highest BCUT2D eigenvalue weighted by molar-refractivity contribution is 5.92. The molecule has 0 amide bonds. The molecule has 6 heteroatoms. The third-order valence-electron chi connectivity index (χ3n) is 3.11.